The Kier molecular flexibility index (Phi) is 10.0. The smallest absolute Gasteiger partial charge is 0.261 e. The summed E-state index contributed by atoms with van der Waals surface area (Å²) in [5, 5.41) is 2.93. The molecule has 2 rings (SSSR count). The van der Waals surface area contributed by atoms with Crippen molar-refractivity contribution in [3.63, 3.8) is 0 Å². The van der Waals surface area contributed by atoms with Gasteiger partial charge in [0.15, 0.2) is 6.61 Å². The lowest BCUT2D eigenvalue weighted by Crippen LogP contribution is -2.50. The van der Waals surface area contributed by atoms with E-state index in [1.54, 1.807) is 4.90 Å². The summed E-state index contributed by atoms with van der Waals surface area (Å²) in [5.74, 6) is 0.276. The van der Waals surface area contributed by atoms with Crippen LogP contribution in [0.1, 0.15) is 50.3 Å². The van der Waals surface area contributed by atoms with E-state index in [2.05, 4.69) is 28.2 Å². The number of hydrogen-bond acceptors (Lipinski definition) is 3. The van der Waals surface area contributed by atoms with Gasteiger partial charge in [-0.05, 0) is 70.9 Å². The van der Waals surface area contributed by atoms with Crippen LogP contribution in [0.4, 0.5) is 0 Å². The maximum Gasteiger partial charge on any atom is 0.261 e. The lowest BCUT2D eigenvalue weighted by molar-refractivity contribution is -0.143. The highest BCUT2D eigenvalue weighted by atomic mass is 79.9. The largest absolute Gasteiger partial charge is 0.483 e. The molecule has 0 saturated heterocycles. The summed E-state index contributed by atoms with van der Waals surface area (Å²) in [4.78, 5) is 27.7. The zero-order valence-corrected chi connectivity index (χ0v) is 20.5. The summed E-state index contributed by atoms with van der Waals surface area (Å²) >= 11 is 3.52. The van der Waals surface area contributed by atoms with E-state index in [0.717, 1.165) is 28.4 Å². The van der Waals surface area contributed by atoms with Gasteiger partial charge in [-0.3, -0.25) is 9.59 Å². The Morgan fingerprint density at radius 1 is 1.13 bits per heavy atom. The van der Waals surface area contributed by atoms with Crippen LogP contribution in [0.15, 0.2) is 46.9 Å². The van der Waals surface area contributed by atoms with Crippen LogP contribution in [-0.4, -0.2) is 35.9 Å². The number of hydrogen-bond donors (Lipinski definition) is 1. The zero-order valence-electron chi connectivity index (χ0n) is 18.9. The molecule has 2 aromatic carbocycles. The molecule has 2 aromatic rings. The SMILES string of the molecule is CCCNC(=O)C(CC)N(Cc1ccccc1C)C(=O)COc1ccc(CC)cc1Br. The van der Waals surface area contributed by atoms with Gasteiger partial charge in [0.25, 0.3) is 5.91 Å². The van der Waals surface area contributed by atoms with E-state index in [0.29, 0.717) is 25.3 Å². The van der Waals surface area contributed by atoms with Crippen molar-refractivity contribution in [2.24, 2.45) is 0 Å². The summed E-state index contributed by atoms with van der Waals surface area (Å²) in [7, 11) is 0. The molecule has 0 aliphatic carbocycles. The summed E-state index contributed by atoms with van der Waals surface area (Å²) in [5.41, 5.74) is 3.29. The van der Waals surface area contributed by atoms with Crippen LogP contribution in [-0.2, 0) is 22.6 Å². The van der Waals surface area contributed by atoms with E-state index < -0.39 is 6.04 Å². The number of amides is 2. The Balaban J connectivity index is 2.22. The van der Waals surface area contributed by atoms with Gasteiger partial charge in [-0.25, -0.2) is 0 Å². The average Bonchev–Trinajstić information content (AvgIpc) is 2.77. The third-order valence-electron chi connectivity index (χ3n) is 5.29. The molecule has 1 atom stereocenters. The lowest BCUT2D eigenvalue weighted by atomic mass is 10.1. The zero-order chi connectivity index (χ0) is 22.8. The van der Waals surface area contributed by atoms with Gasteiger partial charge < -0.3 is 15.0 Å². The second kappa shape index (κ2) is 12.5. The molecule has 1 N–H and O–H groups in total. The van der Waals surface area contributed by atoms with Crippen molar-refractivity contribution in [2.75, 3.05) is 13.2 Å². The number of aryl methyl sites for hydroxylation is 2. The van der Waals surface area contributed by atoms with E-state index in [1.807, 2.05) is 63.2 Å². The standard InChI is InChI=1S/C25H33BrN2O3/c1-5-14-27-25(30)22(7-3)28(16-20-11-9-8-10-18(20)4)24(29)17-31-23-13-12-19(6-2)15-21(23)26/h8-13,15,22H,5-7,14,16-17H2,1-4H3,(H,27,30). The minimum atomic E-state index is -0.548. The van der Waals surface area contributed by atoms with Gasteiger partial charge in [0.05, 0.1) is 4.47 Å². The Morgan fingerprint density at radius 2 is 1.87 bits per heavy atom. The van der Waals surface area contributed by atoms with Gasteiger partial charge in [0, 0.05) is 13.1 Å². The van der Waals surface area contributed by atoms with Crippen molar-refractivity contribution in [1.82, 2.24) is 10.2 Å². The molecule has 0 spiro atoms. The van der Waals surface area contributed by atoms with E-state index in [-0.39, 0.29) is 18.4 Å². The number of rotatable bonds is 11. The monoisotopic (exact) mass is 488 g/mol. The molecule has 2 amide bonds. The van der Waals surface area contributed by atoms with Crippen LogP contribution >= 0.6 is 15.9 Å². The Hall–Kier alpha value is -2.34. The molecule has 0 aromatic heterocycles. The highest BCUT2D eigenvalue weighted by Crippen LogP contribution is 2.26. The molecule has 0 radical (unpaired) electrons. The number of halogens is 1. The molecule has 0 bridgehead atoms. The Labute approximate surface area is 194 Å². The fourth-order valence-electron chi connectivity index (χ4n) is 3.36. The third kappa shape index (κ3) is 7.10. The quantitative estimate of drug-likeness (QED) is 0.482. The number of nitrogens with one attached hydrogen (secondary N) is 1. The van der Waals surface area contributed by atoms with Gasteiger partial charge in [-0.1, -0.05) is 51.1 Å². The topological polar surface area (TPSA) is 58.6 Å². The van der Waals surface area contributed by atoms with Crippen LogP contribution in [0.3, 0.4) is 0 Å². The van der Waals surface area contributed by atoms with E-state index >= 15 is 0 Å². The van der Waals surface area contributed by atoms with Crippen molar-refractivity contribution in [2.45, 2.75) is 59.5 Å². The maximum absolute atomic E-state index is 13.3. The number of carbonyl (C=O) groups excluding carboxylic acids is 2. The van der Waals surface area contributed by atoms with E-state index in [9.17, 15) is 9.59 Å². The second-order valence-corrected chi connectivity index (χ2v) is 8.42. The van der Waals surface area contributed by atoms with Gasteiger partial charge in [0.1, 0.15) is 11.8 Å². The fraction of sp³-hybridized carbons (Fsp3) is 0.440. The first-order chi connectivity index (χ1) is 14.9. The van der Waals surface area contributed by atoms with Gasteiger partial charge in [0.2, 0.25) is 5.91 Å². The number of ether oxygens (including phenoxy) is 1. The van der Waals surface area contributed by atoms with Crippen LogP contribution in [0.25, 0.3) is 0 Å². The van der Waals surface area contributed by atoms with E-state index in [1.165, 1.54) is 5.56 Å². The van der Waals surface area contributed by atoms with Gasteiger partial charge >= 0.3 is 0 Å². The average molecular weight is 489 g/mol. The maximum atomic E-state index is 13.3. The first-order valence-corrected chi connectivity index (χ1v) is 11.7. The van der Waals surface area contributed by atoms with E-state index in [4.69, 9.17) is 4.74 Å². The van der Waals surface area contributed by atoms with Crippen molar-refractivity contribution < 1.29 is 14.3 Å². The van der Waals surface area contributed by atoms with Crippen LogP contribution in [0.5, 0.6) is 5.75 Å². The first kappa shape index (κ1) is 24.9. The van der Waals surface area contributed by atoms with Gasteiger partial charge in [-0.2, -0.15) is 0 Å². The second-order valence-electron chi connectivity index (χ2n) is 7.57. The molecule has 0 saturated carbocycles. The molecule has 0 fully saturated rings. The molecule has 0 aliphatic rings. The van der Waals surface area contributed by atoms with Gasteiger partial charge in [-0.15, -0.1) is 0 Å². The van der Waals surface area contributed by atoms with Crippen LogP contribution in [0.2, 0.25) is 0 Å². The molecule has 6 heteroatoms. The Bertz CT molecular complexity index is 885. The number of carbonyl (C=O) groups is 2. The molecule has 168 valence electrons. The summed E-state index contributed by atoms with van der Waals surface area (Å²) in [6.45, 7) is 8.86. The normalized spacial score (nSPS) is 11.6. The predicted octanol–water partition coefficient (Wildman–Crippen LogP) is 5.03. The van der Waals surface area contributed by atoms with Crippen molar-refractivity contribution in [3.05, 3.63) is 63.6 Å². The summed E-state index contributed by atoms with van der Waals surface area (Å²) < 4.78 is 6.65. The Morgan fingerprint density at radius 3 is 2.48 bits per heavy atom. The van der Waals surface area contributed by atoms with Crippen LogP contribution in [0, 0.1) is 6.92 Å². The van der Waals surface area contributed by atoms with Crippen LogP contribution < -0.4 is 10.1 Å². The van der Waals surface area contributed by atoms with Crippen molar-refractivity contribution in [1.29, 1.82) is 0 Å². The summed E-state index contributed by atoms with van der Waals surface area (Å²) in [6.07, 6.45) is 2.30. The fourth-order valence-corrected chi connectivity index (χ4v) is 3.90. The molecule has 0 aliphatic heterocycles. The molecule has 31 heavy (non-hydrogen) atoms. The molecule has 0 heterocycles. The molecule has 5 nitrogen and oxygen atoms in total. The van der Waals surface area contributed by atoms with Crippen molar-refractivity contribution >= 4 is 27.7 Å². The number of benzene rings is 2. The molecular weight excluding hydrogens is 456 g/mol. The van der Waals surface area contributed by atoms with Crippen molar-refractivity contribution in [3.8, 4) is 5.75 Å². The first-order valence-electron chi connectivity index (χ1n) is 10.9. The lowest BCUT2D eigenvalue weighted by Gasteiger charge is -2.31. The minimum absolute atomic E-state index is 0.125. The highest BCUT2D eigenvalue weighted by molar-refractivity contribution is 9.10. The third-order valence-corrected chi connectivity index (χ3v) is 5.91. The predicted molar refractivity (Wildman–Crippen MR) is 128 cm³/mol. The minimum Gasteiger partial charge on any atom is -0.483 e. The summed E-state index contributed by atoms with van der Waals surface area (Å²) in [6, 6.07) is 13.2. The highest BCUT2D eigenvalue weighted by Gasteiger charge is 2.29. The number of nitrogens with zero attached hydrogens (tertiary/aromatic N) is 1. The molecule has 1 unspecified atom stereocenters. The molecular formula is C25H33BrN2O3.